The van der Waals surface area contributed by atoms with Crippen molar-refractivity contribution in [2.24, 2.45) is 0 Å². The molecule has 2 aromatic rings. The fraction of sp³-hybridized carbons (Fsp3) is 0.300. The molecule has 0 aliphatic rings. The second kappa shape index (κ2) is 9.49. The number of rotatable bonds is 8. The van der Waals surface area contributed by atoms with Crippen LogP contribution in [-0.4, -0.2) is 52.7 Å². The van der Waals surface area contributed by atoms with Gasteiger partial charge in [-0.1, -0.05) is 0 Å². The first-order valence-electron chi connectivity index (χ1n) is 8.90. The summed E-state index contributed by atoms with van der Waals surface area (Å²) in [5.41, 5.74) is 1.33. The number of methoxy groups -OCH3 is 2. The van der Waals surface area contributed by atoms with Crippen molar-refractivity contribution in [3.05, 3.63) is 47.5 Å². The van der Waals surface area contributed by atoms with Crippen LogP contribution in [0.5, 0.6) is 11.5 Å². The Kier molecular flexibility index (Phi) is 7.28. The summed E-state index contributed by atoms with van der Waals surface area (Å²) in [5.74, 6) is 0.419. The highest BCUT2D eigenvalue weighted by Crippen LogP contribution is 2.27. The van der Waals surface area contributed by atoms with Crippen LogP contribution in [0.25, 0.3) is 0 Å². The average molecular weight is 436 g/mol. The topological polar surface area (TPSA) is 114 Å². The fourth-order valence-corrected chi connectivity index (χ4v) is 3.38. The zero-order valence-corrected chi connectivity index (χ0v) is 18.3. The van der Waals surface area contributed by atoms with E-state index in [2.05, 4.69) is 10.0 Å². The average Bonchev–Trinajstić information content (AvgIpc) is 2.67. The van der Waals surface area contributed by atoms with Crippen LogP contribution in [0.3, 0.4) is 0 Å². The van der Waals surface area contributed by atoms with Crippen LogP contribution < -0.4 is 19.5 Å². The van der Waals surface area contributed by atoms with Gasteiger partial charge in [0, 0.05) is 37.8 Å². The van der Waals surface area contributed by atoms with Gasteiger partial charge >= 0.3 is 0 Å². The lowest BCUT2D eigenvalue weighted by atomic mass is 10.1. The molecule has 0 aliphatic heterocycles. The summed E-state index contributed by atoms with van der Waals surface area (Å²) >= 11 is 0. The van der Waals surface area contributed by atoms with Gasteiger partial charge in [-0.25, -0.2) is 8.42 Å². The maximum Gasteiger partial charge on any atom is 0.256 e. The maximum atomic E-state index is 13.1. The van der Waals surface area contributed by atoms with Crippen LogP contribution in [0.1, 0.15) is 22.8 Å². The second-order valence-electron chi connectivity index (χ2n) is 6.65. The van der Waals surface area contributed by atoms with Gasteiger partial charge in [0.25, 0.3) is 5.91 Å². The van der Waals surface area contributed by atoms with Gasteiger partial charge in [0.15, 0.2) is 0 Å². The summed E-state index contributed by atoms with van der Waals surface area (Å²) in [4.78, 5) is 25.9. The lowest BCUT2D eigenvalue weighted by molar-refractivity contribution is -0.114. The number of carbonyl (C=O) groups excluding carboxylic acids is 2. The maximum absolute atomic E-state index is 13.1. The summed E-state index contributed by atoms with van der Waals surface area (Å²) in [6.07, 6.45) is 0.995. The van der Waals surface area contributed by atoms with Gasteiger partial charge in [0.05, 0.1) is 31.7 Å². The van der Waals surface area contributed by atoms with Crippen LogP contribution in [0.2, 0.25) is 0 Å². The minimum atomic E-state index is -3.61. The molecule has 162 valence electrons. The van der Waals surface area contributed by atoms with Gasteiger partial charge in [-0.15, -0.1) is 0 Å². The molecule has 9 nitrogen and oxygen atoms in total. The zero-order valence-electron chi connectivity index (χ0n) is 17.5. The number of ether oxygens (including phenoxy) is 2. The van der Waals surface area contributed by atoms with Crippen molar-refractivity contribution in [2.45, 2.75) is 13.5 Å². The quantitative estimate of drug-likeness (QED) is 0.658. The Hall–Kier alpha value is -3.27. The van der Waals surface area contributed by atoms with E-state index in [0.717, 1.165) is 11.8 Å². The first-order chi connectivity index (χ1) is 14.0. The van der Waals surface area contributed by atoms with Crippen LogP contribution in [0.15, 0.2) is 36.4 Å². The predicted molar refractivity (Wildman–Crippen MR) is 115 cm³/mol. The van der Waals surface area contributed by atoms with E-state index in [1.165, 1.54) is 37.1 Å². The number of benzene rings is 2. The Morgan fingerprint density at radius 1 is 1.07 bits per heavy atom. The van der Waals surface area contributed by atoms with E-state index in [9.17, 15) is 18.0 Å². The highest BCUT2D eigenvalue weighted by Gasteiger charge is 2.20. The Morgan fingerprint density at radius 2 is 1.77 bits per heavy atom. The summed E-state index contributed by atoms with van der Waals surface area (Å²) in [5, 5.41) is 2.59. The highest BCUT2D eigenvalue weighted by molar-refractivity contribution is 7.92. The first-order valence-corrected chi connectivity index (χ1v) is 10.8. The van der Waals surface area contributed by atoms with E-state index in [1.54, 1.807) is 32.4 Å². The van der Waals surface area contributed by atoms with E-state index in [0.29, 0.717) is 17.2 Å². The Bertz CT molecular complexity index is 1050. The lowest BCUT2D eigenvalue weighted by Gasteiger charge is -2.21. The molecule has 2 aromatic carbocycles. The first kappa shape index (κ1) is 23.0. The molecule has 30 heavy (non-hydrogen) atoms. The summed E-state index contributed by atoms with van der Waals surface area (Å²) in [6.45, 7) is 1.54. The van der Waals surface area contributed by atoms with Gasteiger partial charge in [0.2, 0.25) is 15.9 Å². The van der Waals surface area contributed by atoms with Crippen molar-refractivity contribution in [2.75, 3.05) is 37.6 Å². The SMILES string of the molecule is COc1ccc(CN(C)C(=O)c2cc(NC(C)=O)ccc2NS(C)(=O)=O)c(OC)c1. The molecule has 0 unspecified atom stereocenters. The summed E-state index contributed by atoms with van der Waals surface area (Å²) in [7, 11) is 1.03. The number of carbonyl (C=O) groups is 2. The van der Waals surface area contributed by atoms with Crippen LogP contribution >= 0.6 is 0 Å². The normalized spacial score (nSPS) is 10.8. The van der Waals surface area contributed by atoms with Crippen molar-refractivity contribution in [3.63, 3.8) is 0 Å². The van der Waals surface area contributed by atoms with Gasteiger partial charge in [-0.3, -0.25) is 14.3 Å². The molecule has 0 fully saturated rings. The molecule has 0 bridgehead atoms. The fourth-order valence-electron chi connectivity index (χ4n) is 2.81. The van der Waals surface area contributed by atoms with Gasteiger partial charge < -0.3 is 19.7 Å². The van der Waals surface area contributed by atoms with E-state index >= 15 is 0 Å². The number of hydrogen-bond acceptors (Lipinski definition) is 6. The van der Waals surface area contributed by atoms with Crippen molar-refractivity contribution in [3.8, 4) is 11.5 Å². The molecule has 0 aliphatic carbocycles. The molecule has 2 N–H and O–H groups in total. The summed E-state index contributed by atoms with van der Waals surface area (Å²) < 4.78 is 36.3. The largest absolute Gasteiger partial charge is 0.497 e. The second-order valence-corrected chi connectivity index (χ2v) is 8.40. The lowest BCUT2D eigenvalue weighted by Crippen LogP contribution is -2.28. The minimum absolute atomic E-state index is 0.0988. The summed E-state index contributed by atoms with van der Waals surface area (Å²) in [6, 6.07) is 9.62. The zero-order chi connectivity index (χ0) is 22.5. The molecule has 0 atom stereocenters. The Morgan fingerprint density at radius 3 is 2.33 bits per heavy atom. The monoisotopic (exact) mass is 435 g/mol. The number of anilines is 2. The molecule has 2 amide bonds. The van der Waals surface area contributed by atoms with E-state index in [-0.39, 0.29) is 23.7 Å². The molecule has 0 heterocycles. The number of sulfonamides is 1. The Balaban J connectivity index is 2.38. The number of amides is 2. The molecule has 0 spiro atoms. The number of nitrogens with zero attached hydrogens (tertiary/aromatic N) is 1. The van der Waals surface area contributed by atoms with Crippen LogP contribution in [-0.2, 0) is 21.4 Å². The van der Waals surface area contributed by atoms with E-state index < -0.39 is 15.9 Å². The van der Waals surface area contributed by atoms with Crippen LogP contribution in [0, 0.1) is 0 Å². The standard InChI is InChI=1S/C20H25N3O6S/c1-13(24)21-15-7-9-18(22-30(5,26)27)17(10-15)20(25)23(2)12-14-6-8-16(28-3)11-19(14)29-4/h6-11,22H,12H2,1-5H3,(H,21,24). The van der Waals surface area contributed by atoms with Crippen LogP contribution in [0.4, 0.5) is 11.4 Å². The molecule has 0 radical (unpaired) electrons. The third-order valence-corrected chi connectivity index (χ3v) is 4.70. The predicted octanol–water partition coefficient (Wildman–Crippen LogP) is 2.31. The van der Waals surface area contributed by atoms with Gasteiger partial charge in [-0.2, -0.15) is 0 Å². The van der Waals surface area contributed by atoms with E-state index in [4.69, 9.17) is 9.47 Å². The molecule has 0 saturated heterocycles. The number of nitrogens with one attached hydrogen (secondary N) is 2. The molecule has 0 aromatic heterocycles. The molecular formula is C20H25N3O6S. The van der Waals surface area contributed by atoms with Gasteiger partial charge in [-0.05, 0) is 30.3 Å². The van der Waals surface area contributed by atoms with Crippen molar-refractivity contribution in [1.82, 2.24) is 4.90 Å². The Labute approximate surface area is 176 Å². The van der Waals surface area contributed by atoms with Crippen molar-refractivity contribution < 1.29 is 27.5 Å². The third-order valence-electron chi connectivity index (χ3n) is 4.11. The molecule has 0 saturated carbocycles. The van der Waals surface area contributed by atoms with Gasteiger partial charge in [0.1, 0.15) is 11.5 Å². The molecule has 10 heteroatoms. The minimum Gasteiger partial charge on any atom is -0.497 e. The highest BCUT2D eigenvalue weighted by atomic mass is 32.2. The smallest absolute Gasteiger partial charge is 0.256 e. The molecular weight excluding hydrogens is 410 g/mol. The van der Waals surface area contributed by atoms with Crippen molar-refractivity contribution >= 4 is 33.2 Å². The third kappa shape index (κ3) is 6.11. The van der Waals surface area contributed by atoms with E-state index in [1.807, 2.05) is 0 Å². The molecule has 2 rings (SSSR count). The van der Waals surface area contributed by atoms with Crippen molar-refractivity contribution in [1.29, 1.82) is 0 Å². The number of hydrogen-bond donors (Lipinski definition) is 2.